The van der Waals surface area contributed by atoms with Gasteiger partial charge in [-0.1, -0.05) is 130 Å². The first-order chi connectivity index (χ1) is 17.9. The minimum atomic E-state index is -0.534. The minimum absolute atomic E-state index is 0.194. The maximum Gasteiger partial charge on any atom is 0.129 e. The van der Waals surface area contributed by atoms with Gasteiger partial charge in [0.25, 0.3) is 0 Å². The molecule has 0 radical (unpaired) electrons. The van der Waals surface area contributed by atoms with Crippen molar-refractivity contribution >= 4 is 6.21 Å². The van der Waals surface area contributed by atoms with E-state index in [2.05, 4.69) is 100 Å². The maximum absolute atomic E-state index is 12.0. The lowest BCUT2D eigenvalue weighted by Crippen LogP contribution is -2.25. The molecule has 2 nitrogen and oxygen atoms in total. The highest BCUT2D eigenvalue weighted by Gasteiger charge is 2.34. The van der Waals surface area contributed by atoms with Crippen LogP contribution in [0.15, 0.2) is 108 Å². The van der Waals surface area contributed by atoms with Crippen molar-refractivity contribution in [3.8, 4) is 16.9 Å². The van der Waals surface area contributed by atoms with E-state index in [0.29, 0.717) is 5.92 Å². The van der Waals surface area contributed by atoms with E-state index in [0.717, 1.165) is 46.2 Å². The Morgan fingerprint density at radius 2 is 1.27 bits per heavy atom. The van der Waals surface area contributed by atoms with Crippen molar-refractivity contribution in [3.05, 3.63) is 125 Å². The molecule has 1 atom stereocenters. The lowest BCUT2D eigenvalue weighted by atomic mass is 9.70. The molecule has 0 aliphatic heterocycles. The quantitative estimate of drug-likeness (QED) is 0.175. The average molecular weight is 490 g/mol. The summed E-state index contributed by atoms with van der Waals surface area (Å²) in [5.74, 6) is 0.991. The van der Waals surface area contributed by atoms with Crippen molar-refractivity contribution in [2.24, 2.45) is 10.9 Å². The maximum atomic E-state index is 12.0. The molecule has 0 aromatic heterocycles. The number of phenols is 1. The number of hydrogen-bond acceptors (Lipinski definition) is 2. The Kier molecular flexibility index (Phi) is 8.61. The number of aliphatic imine (C=N–C) groups is 1. The molecule has 0 saturated carbocycles. The Bertz CT molecular complexity index is 1250. The molecule has 0 fully saturated rings. The van der Waals surface area contributed by atoms with Gasteiger partial charge >= 0.3 is 0 Å². The van der Waals surface area contributed by atoms with Crippen LogP contribution in [0.2, 0.25) is 0 Å². The van der Waals surface area contributed by atoms with Gasteiger partial charge < -0.3 is 5.11 Å². The van der Waals surface area contributed by atoms with E-state index >= 15 is 0 Å². The van der Waals surface area contributed by atoms with Gasteiger partial charge in [0, 0.05) is 28.8 Å². The third-order valence-electron chi connectivity index (χ3n) is 7.40. The Balaban J connectivity index is 1.85. The van der Waals surface area contributed by atoms with Gasteiger partial charge in [0.05, 0.1) is 0 Å². The molecule has 0 bridgehead atoms. The monoisotopic (exact) mass is 489 g/mol. The Morgan fingerprint density at radius 3 is 1.81 bits per heavy atom. The zero-order chi connectivity index (χ0) is 26.3. The van der Waals surface area contributed by atoms with Gasteiger partial charge in [0.2, 0.25) is 0 Å². The van der Waals surface area contributed by atoms with Crippen LogP contribution in [0.4, 0.5) is 0 Å². The average Bonchev–Trinajstić information content (AvgIpc) is 2.93. The number of aromatic hydroxyl groups is 1. The second kappa shape index (κ2) is 12.1. The molecule has 37 heavy (non-hydrogen) atoms. The molecular weight excluding hydrogens is 450 g/mol. The van der Waals surface area contributed by atoms with Crippen molar-refractivity contribution in [2.45, 2.75) is 58.4 Å². The van der Waals surface area contributed by atoms with Crippen LogP contribution >= 0.6 is 0 Å². The van der Waals surface area contributed by atoms with E-state index in [1.54, 1.807) is 0 Å². The summed E-state index contributed by atoms with van der Waals surface area (Å²) in [6.07, 6.45) is 5.31. The molecule has 0 heterocycles. The van der Waals surface area contributed by atoms with E-state index in [1.165, 1.54) is 6.42 Å². The number of rotatable bonds is 10. The molecule has 4 rings (SSSR count). The summed E-state index contributed by atoms with van der Waals surface area (Å²) < 4.78 is 0. The molecule has 0 spiro atoms. The van der Waals surface area contributed by atoms with Gasteiger partial charge in [-0.15, -0.1) is 0 Å². The fourth-order valence-corrected chi connectivity index (χ4v) is 5.13. The van der Waals surface area contributed by atoms with Crippen LogP contribution in [0, 0.1) is 5.92 Å². The van der Waals surface area contributed by atoms with E-state index < -0.39 is 5.41 Å². The summed E-state index contributed by atoms with van der Waals surface area (Å²) in [5.41, 5.74) is 5.44. The zero-order valence-electron chi connectivity index (χ0n) is 22.6. The van der Waals surface area contributed by atoms with Crippen molar-refractivity contribution in [3.63, 3.8) is 0 Å². The Morgan fingerprint density at radius 1 is 0.730 bits per heavy atom. The van der Waals surface area contributed by atoms with E-state index in [4.69, 9.17) is 4.99 Å². The van der Waals surface area contributed by atoms with Crippen LogP contribution in [-0.2, 0) is 5.41 Å². The van der Waals surface area contributed by atoms with Crippen molar-refractivity contribution < 1.29 is 5.11 Å². The summed E-state index contributed by atoms with van der Waals surface area (Å²) in [4.78, 5) is 4.92. The smallest absolute Gasteiger partial charge is 0.129 e. The minimum Gasteiger partial charge on any atom is -0.507 e. The third-order valence-corrected chi connectivity index (χ3v) is 7.40. The lowest BCUT2D eigenvalue weighted by Gasteiger charge is -2.33. The van der Waals surface area contributed by atoms with Gasteiger partial charge in [-0.2, -0.15) is 0 Å². The van der Waals surface area contributed by atoms with Crippen LogP contribution in [0.3, 0.4) is 0 Å². The van der Waals surface area contributed by atoms with Gasteiger partial charge in [-0.3, -0.25) is 4.99 Å². The molecule has 1 unspecified atom stereocenters. The van der Waals surface area contributed by atoms with Gasteiger partial charge in [0.15, 0.2) is 0 Å². The Hall–Kier alpha value is -3.65. The molecule has 0 amide bonds. The van der Waals surface area contributed by atoms with E-state index in [1.807, 2.05) is 36.5 Å². The molecule has 1 N–H and O–H groups in total. The van der Waals surface area contributed by atoms with Gasteiger partial charge in [-0.05, 0) is 48.4 Å². The number of phenolic OH excluding ortho intramolecular Hbond substituents is 1. The standard InChI is InChI=1S/C35H39NO/c1-26(2)15-14-16-27(3)36-25-32-31(28-17-8-5-9-18-28)23-24-33(34(32)37)35(4,29-19-10-6-11-20-29)30-21-12-7-13-22-30/h5-13,17-27,37H,14-16H2,1-4H3. The third kappa shape index (κ3) is 6.02. The fourth-order valence-electron chi connectivity index (χ4n) is 5.13. The molecule has 190 valence electrons. The summed E-state index contributed by atoms with van der Waals surface area (Å²) in [6.45, 7) is 8.89. The molecule has 2 heteroatoms. The molecule has 4 aromatic carbocycles. The molecule has 0 aliphatic rings. The van der Waals surface area contributed by atoms with Gasteiger partial charge in [-0.25, -0.2) is 0 Å². The van der Waals surface area contributed by atoms with Crippen molar-refractivity contribution in [1.29, 1.82) is 0 Å². The van der Waals surface area contributed by atoms with Crippen LogP contribution in [0.5, 0.6) is 5.75 Å². The summed E-state index contributed by atoms with van der Waals surface area (Å²) in [7, 11) is 0. The summed E-state index contributed by atoms with van der Waals surface area (Å²) >= 11 is 0. The van der Waals surface area contributed by atoms with E-state index in [-0.39, 0.29) is 11.8 Å². The molecule has 0 aliphatic carbocycles. The topological polar surface area (TPSA) is 32.6 Å². The molecule has 4 aromatic rings. The lowest BCUT2D eigenvalue weighted by molar-refractivity contribution is 0.457. The number of hydrogen-bond donors (Lipinski definition) is 1. The largest absolute Gasteiger partial charge is 0.507 e. The number of nitrogens with zero attached hydrogens (tertiary/aromatic N) is 1. The SMILES string of the molecule is CC(C)CCCC(C)N=Cc1c(-c2ccccc2)ccc(C(C)(c2ccccc2)c2ccccc2)c1O. The second-order valence-electron chi connectivity index (χ2n) is 10.6. The van der Waals surface area contributed by atoms with Gasteiger partial charge in [0.1, 0.15) is 5.75 Å². The van der Waals surface area contributed by atoms with Crippen LogP contribution in [0.25, 0.3) is 11.1 Å². The molecule has 0 saturated heterocycles. The highest BCUT2D eigenvalue weighted by atomic mass is 16.3. The second-order valence-corrected chi connectivity index (χ2v) is 10.6. The predicted octanol–water partition coefficient (Wildman–Crippen LogP) is 9.05. The first-order valence-electron chi connectivity index (χ1n) is 13.5. The van der Waals surface area contributed by atoms with E-state index in [9.17, 15) is 5.11 Å². The zero-order valence-corrected chi connectivity index (χ0v) is 22.6. The van der Waals surface area contributed by atoms with Crippen molar-refractivity contribution in [2.75, 3.05) is 0 Å². The normalized spacial score (nSPS) is 12.8. The summed E-state index contributed by atoms with van der Waals surface area (Å²) in [5, 5.41) is 12.0. The fraction of sp³-hybridized carbons (Fsp3) is 0.286. The predicted molar refractivity (Wildman–Crippen MR) is 158 cm³/mol. The first-order valence-corrected chi connectivity index (χ1v) is 13.5. The number of benzene rings is 4. The van der Waals surface area contributed by atoms with Crippen LogP contribution < -0.4 is 0 Å². The van der Waals surface area contributed by atoms with Crippen molar-refractivity contribution in [1.82, 2.24) is 0 Å². The molecular formula is C35H39NO. The highest BCUT2D eigenvalue weighted by Crippen LogP contribution is 2.45. The van der Waals surface area contributed by atoms with Crippen LogP contribution in [0.1, 0.15) is 69.2 Å². The Labute approximate surface area is 222 Å². The highest BCUT2D eigenvalue weighted by molar-refractivity contribution is 5.94. The summed E-state index contributed by atoms with van der Waals surface area (Å²) in [6, 6.07) is 35.6. The van der Waals surface area contributed by atoms with Crippen LogP contribution in [-0.4, -0.2) is 17.4 Å². The first kappa shape index (κ1) is 26.4.